The highest BCUT2D eigenvalue weighted by atomic mass is 16.5. The molecule has 1 aromatic heterocycles. The third kappa shape index (κ3) is 5.17. The summed E-state index contributed by atoms with van der Waals surface area (Å²) in [6.07, 6.45) is 5.14. The zero-order valence-electron chi connectivity index (χ0n) is 19.6. The van der Waals surface area contributed by atoms with E-state index in [1.807, 2.05) is 12.1 Å². The Kier molecular flexibility index (Phi) is 6.73. The highest BCUT2D eigenvalue weighted by Gasteiger charge is 2.23. The van der Waals surface area contributed by atoms with Crippen LogP contribution in [-0.4, -0.2) is 47.1 Å². The number of ketones is 1. The molecule has 1 aliphatic rings. The molecule has 0 unspecified atom stereocenters. The fourth-order valence-corrected chi connectivity index (χ4v) is 4.63. The Morgan fingerprint density at radius 1 is 0.857 bits per heavy atom. The van der Waals surface area contributed by atoms with E-state index in [0.717, 1.165) is 25.4 Å². The zero-order valence-corrected chi connectivity index (χ0v) is 19.6. The van der Waals surface area contributed by atoms with Crippen molar-refractivity contribution in [2.75, 3.05) is 26.2 Å². The van der Waals surface area contributed by atoms with Crippen LogP contribution in [0.1, 0.15) is 41.6 Å². The van der Waals surface area contributed by atoms with E-state index in [1.54, 1.807) is 42.5 Å². The van der Waals surface area contributed by atoms with Crippen molar-refractivity contribution < 1.29 is 24.2 Å². The van der Waals surface area contributed by atoms with Crippen molar-refractivity contribution in [3.63, 3.8) is 0 Å². The normalized spacial score (nSPS) is 14.6. The molecule has 1 saturated heterocycles. The number of aromatic hydroxyl groups is 2. The van der Waals surface area contributed by atoms with E-state index >= 15 is 0 Å². The maximum Gasteiger partial charge on any atom is 0.197 e. The van der Waals surface area contributed by atoms with Gasteiger partial charge in [-0.25, -0.2) is 0 Å². The summed E-state index contributed by atoms with van der Waals surface area (Å²) >= 11 is 0. The van der Waals surface area contributed by atoms with Crippen LogP contribution in [0.3, 0.4) is 0 Å². The van der Waals surface area contributed by atoms with Gasteiger partial charge in [0.15, 0.2) is 5.78 Å². The molecule has 2 heterocycles. The van der Waals surface area contributed by atoms with Crippen LogP contribution < -0.4 is 4.74 Å². The lowest BCUT2D eigenvalue weighted by molar-refractivity contribution is 0.104. The molecule has 5 rings (SSSR count). The Labute approximate surface area is 204 Å². The van der Waals surface area contributed by atoms with Crippen LogP contribution >= 0.6 is 0 Å². The lowest BCUT2D eigenvalue weighted by atomic mass is 9.97. The van der Waals surface area contributed by atoms with Gasteiger partial charge < -0.3 is 19.4 Å². The minimum atomic E-state index is -0.186. The van der Waals surface area contributed by atoms with E-state index < -0.39 is 0 Å². The predicted molar refractivity (Wildman–Crippen MR) is 135 cm³/mol. The highest BCUT2D eigenvalue weighted by molar-refractivity contribution is 6.19. The van der Waals surface area contributed by atoms with Gasteiger partial charge in [0.05, 0.1) is 5.56 Å². The second kappa shape index (κ2) is 10.2. The molecule has 0 amide bonds. The molecule has 0 bridgehead atoms. The summed E-state index contributed by atoms with van der Waals surface area (Å²) in [5.74, 6) is 1.13. The van der Waals surface area contributed by atoms with Crippen LogP contribution in [0.25, 0.3) is 22.3 Å². The molecular formula is C29H29NO5. The van der Waals surface area contributed by atoms with Gasteiger partial charge in [0, 0.05) is 29.1 Å². The predicted octanol–water partition coefficient (Wildman–Crippen LogP) is 6.00. The van der Waals surface area contributed by atoms with Gasteiger partial charge >= 0.3 is 0 Å². The minimum Gasteiger partial charge on any atom is -0.508 e. The molecule has 180 valence electrons. The van der Waals surface area contributed by atoms with Gasteiger partial charge in [-0.15, -0.1) is 0 Å². The van der Waals surface area contributed by atoms with E-state index in [9.17, 15) is 15.0 Å². The fraction of sp³-hybridized carbons (Fsp3) is 0.276. The Bertz CT molecular complexity index is 1300. The Hall–Kier alpha value is -3.77. The lowest BCUT2D eigenvalue weighted by Gasteiger charge is -2.19. The third-order valence-electron chi connectivity index (χ3n) is 6.52. The topological polar surface area (TPSA) is 83.1 Å². The van der Waals surface area contributed by atoms with Crippen molar-refractivity contribution in [1.29, 1.82) is 0 Å². The van der Waals surface area contributed by atoms with E-state index in [-0.39, 0.29) is 17.3 Å². The van der Waals surface area contributed by atoms with E-state index in [1.165, 1.54) is 37.8 Å². The first-order chi connectivity index (χ1) is 17.1. The lowest BCUT2D eigenvalue weighted by Crippen LogP contribution is -2.29. The van der Waals surface area contributed by atoms with E-state index in [0.29, 0.717) is 40.0 Å². The van der Waals surface area contributed by atoms with Crippen molar-refractivity contribution in [2.45, 2.75) is 25.7 Å². The van der Waals surface area contributed by atoms with Gasteiger partial charge in [-0.1, -0.05) is 12.8 Å². The average molecular weight is 472 g/mol. The summed E-state index contributed by atoms with van der Waals surface area (Å²) < 4.78 is 11.9. The van der Waals surface area contributed by atoms with Gasteiger partial charge in [-0.2, -0.15) is 0 Å². The monoisotopic (exact) mass is 471 g/mol. The van der Waals surface area contributed by atoms with Crippen molar-refractivity contribution in [2.24, 2.45) is 0 Å². The van der Waals surface area contributed by atoms with Crippen LogP contribution in [0.15, 0.2) is 71.1 Å². The summed E-state index contributed by atoms with van der Waals surface area (Å²) in [4.78, 5) is 16.1. The second-order valence-electron chi connectivity index (χ2n) is 8.99. The smallest absolute Gasteiger partial charge is 0.197 e. The van der Waals surface area contributed by atoms with Crippen molar-refractivity contribution in [3.8, 4) is 28.6 Å². The molecule has 1 fully saturated rings. The summed E-state index contributed by atoms with van der Waals surface area (Å²) in [6.45, 7) is 3.80. The number of phenols is 2. The first-order valence-electron chi connectivity index (χ1n) is 12.1. The maximum absolute atomic E-state index is 13.6. The molecule has 6 nitrogen and oxygen atoms in total. The van der Waals surface area contributed by atoms with Crippen LogP contribution in [0, 0.1) is 0 Å². The fourth-order valence-electron chi connectivity index (χ4n) is 4.63. The van der Waals surface area contributed by atoms with Gasteiger partial charge in [0.2, 0.25) is 0 Å². The summed E-state index contributed by atoms with van der Waals surface area (Å²) in [5, 5.41) is 20.2. The van der Waals surface area contributed by atoms with Crippen LogP contribution in [0.2, 0.25) is 0 Å². The van der Waals surface area contributed by atoms with Gasteiger partial charge in [-0.05, 0) is 86.6 Å². The SMILES string of the molecule is O=C(c1ccc(OCCN2CCCCCC2)cc1)c1c(-c2ccc(O)cc2)oc2cc(O)ccc12. The van der Waals surface area contributed by atoms with Crippen molar-refractivity contribution in [1.82, 2.24) is 4.90 Å². The molecule has 0 aliphatic carbocycles. The first-order valence-corrected chi connectivity index (χ1v) is 12.1. The number of carbonyl (C=O) groups is 1. The largest absolute Gasteiger partial charge is 0.508 e. The molecule has 0 spiro atoms. The maximum atomic E-state index is 13.6. The number of nitrogens with zero attached hydrogens (tertiary/aromatic N) is 1. The molecule has 0 atom stereocenters. The van der Waals surface area contributed by atoms with Crippen LogP contribution in [-0.2, 0) is 0 Å². The molecule has 0 saturated carbocycles. The van der Waals surface area contributed by atoms with Crippen LogP contribution in [0.5, 0.6) is 17.2 Å². The first kappa shape index (κ1) is 23.0. The molecule has 1 aliphatic heterocycles. The highest BCUT2D eigenvalue weighted by Crippen LogP contribution is 2.37. The molecule has 35 heavy (non-hydrogen) atoms. The zero-order chi connectivity index (χ0) is 24.2. The van der Waals surface area contributed by atoms with Crippen molar-refractivity contribution >= 4 is 16.8 Å². The van der Waals surface area contributed by atoms with Gasteiger partial charge in [0.25, 0.3) is 0 Å². The third-order valence-corrected chi connectivity index (χ3v) is 6.52. The number of fused-ring (bicyclic) bond motifs is 1. The summed E-state index contributed by atoms with van der Waals surface area (Å²) in [7, 11) is 0. The Morgan fingerprint density at radius 3 is 2.26 bits per heavy atom. The minimum absolute atomic E-state index is 0.0594. The van der Waals surface area contributed by atoms with Crippen molar-refractivity contribution in [3.05, 3.63) is 77.9 Å². The number of hydrogen-bond donors (Lipinski definition) is 2. The number of likely N-dealkylation sites (tertiary alicyclic amines) is 1. The molecule has 3 aromatic carbocycles. The standard InChI is InChI=1S/C29H29NO5/c31-22-9-5-21(6-10-22)29-27(25-14-11-23(32)19-26(25)35-29)28(33)20-7-12-24(13-8-20)34-18-17-30-15-3-1-2-4-16-30/h5-14,19,31-32H,1-4,15-18H2. The van der Waals surface area contributed by atoms with Gasteiger partial charge in [0.1, 0.15) is 35.2 Å². The van der Waals surface area contributed by atoms with E-state index in [4.69, 9.17) is 9.15 Å². The number of carbonyl (C=O) groups excluding carboxylic acids is 1. The number of hydrogen-bond acceptors (Lipinski definition) is 6. The number of phenolic OH excluding ortho intramolecular Hbond substituents is 2. The summed E-state index contributed by atoms with van der Waals surface area (Å²) in [5.41, 5.74) is 2.02. The van der Waals surface area contributed by atoms with Gasteiger partial charge in [-0.3, -0.25) is 9.69 Å². The Morgan fingerprint density at radius 2 is 1.54 bits per heavy atom. The molecule has 6 heteroatoms. The summed E-state index contributed by atoms with van der Waals surface area (Å²) in [6, 6.07) is 18.4. The second-order valence-corrected chi connectivity index (χ2v) is 8.99. The number of rotatable bonds is 7. The number of furan rings is 1. The molecule has 4 aromatic rings. The average Bonchev–Trinajstić information content (AvgIpc) is 3.04. The van der Waals surface area contributed by atoms with Crippen LogP contribution in [0.4, 0.5) is 0 Å². The van der Waals surface area contributed by atoms with E-state index in [2.05, 4.69) is 4.90 Å². The Balaban J connectivity index is 1.36. The number of ether oxygens (including phenoxy) is 1. The number of benzene rings is 3. The molecular weight excluding hydrogens is 442 g/mol. The molecule has 0 radical (unpaired) electrons. The quantitative estimate of drug-likeness (QED) is 0.322. The molecule has 2 N–H and O–H groups in total.